The van der Waals surface area contributed by atoms with Gasteiger partial charge < -0.3 is 20.5 Å². The number of nitrogens with zero attached hydrogens (tertiary/aromatic N) is 1. The Hall–Kier alpha value is -2.77. The molecular weight excluding hydrogens is 398 g/mol. The monoisotopic (exact) mass is 415 g/mol. The highest BCUT2D eigenvalue weighted by molar-refractivity contribution is 7.16. The number of carbonyl (C=O) groups is 1. The van der Waals surface area contributed by atoms with Crippen LogP contribution in [0, 0.1) is 0 Å². The number of thiazole rings is 1. The number of ether oxygens (including phenoxy) is 2. The molecule has 144 valence electrons. The quantitative estimate of drug-likeness (QED) is 0.643. The number of nitrogens with one attached hydrogen (secondary N) is 1. The minimum Gasteiger partial charge on any atom is -0.493 e. The molecular formula is C20H18ClN3O3S. The topological polar surface area (TPSA) is 86.5 Å². The molecule has 0 saturated carbocycles. The molecule has 4 rings (SSSR count). The molecule has 1 amide bonds. The molecule has 0 bridgehead atoms. The summed E-state index contributed by atoms with van der Waals surface area (Å²) in [5, 5.41) is 3.83. The number of hydrogen-bond acceptors (Lipinski definition) is 6. The lowest BCUT2D eigenvalue weighted by molar-refractivity contribution is -0.116. The summed E-state index contributed by atoms with van der Waals surface area (Å²) in [6.45, 7) is 0.281. The molecule has 0 spiro atoms. The third kappa shape index (κ3) is 3.50. The van der Waals surface area contributed by atoms with Gasteiger partial charge in [0.1, 0.15) is 12.4 Å². The van der Waals surface area contributed by atoms with Crippen molar-refractivity contribution >= 4 is 39.8 Å². The molecule has 1 aliphatic heterocycles. The van der Waals surface area contributed by atoms with Crippen molar-refractivity contribution in [3.05, 3.63) is 63.5 Å². The lowest BCUT2D eigenvalue weighted by atomic mass is 9.90. The van der Waals surface area contributed by atoms with Gasteiger partial charge in [0, 0.05) is 28.5 Å². The summed E-state index contributed by atoms with van der Waals surface area (Å²) in [4.78, 5) is 17.4. The number of amides is 1. The van der Waals surface area contributed by atoms with E-state index in [1.54, 1.807) is 7.11 Å². The Bertz CT molecular complexity index is 1040. The molecule has 1 atom stereocenters. The second-order valence-electron chi connectivity index (χ2n) is 6.33. The minimum absolute atomic E-state index is 0.109. The lowest BCUT2D eigenvalue weighted by Gasteiger charge is -2.24. The van der Waals surface area contributed by atoms with E-state index in [1.807, 2.05) is 42.5 Å². The second kappa shape index (κ2) is 7.69. The van der Waals surface area contributed by atoms with Gasteiger partial charge in [-0.1, -0.05) is 53.3 Å². The van der Waals surface area contributed by atoms with Gasteiger partial charge in [0.25, 0.3) is 0 Å². The maximum Gasteiger partial charge on any atom is 0.226 e. The standard InChI is InChI=1S/C20H18ClN3O3S/c1-26-15-8-4-6-12(17(15)27-10-11-5-2-3-7-14(11)21)13-9-16(25)23-19-18(13)28-20(22)24-19/h2-8,13H,9-10H2,1H3,(H2,22,24)(H,23,25)/t13-/m0/s1. The Kier molecular flexibility index (Phi) is 5.11. The molecule has 0 aliphatic carbocycles. The molecule has 8 heteroatoms. The average molecular weight is 416 g/mol. The molecule has 3 aromatic rings. The van der Waals surface area contributed by atoms with Gasteiger partial charge in [-0.3, -0.25) is 4.79 Å². The number of para-hydroxylation sites is 1. The van der Waals surface area contributed by atoms with Crippen molar-refractivity contribution in [2.75, 3.05) is 18.2 Å². The van der Waals surface area contributed by atoms with Crippen LogP contribution in [0.3, 0.4) is 0 Å². The molecule has 2 heterocycles. The lowest BCUT2D eigenvalue weighted by Crippen LogP contribution is -2.23. The van der Waals surface area contributed by atoms with Crippen LogP contribution in [0.1, 0.15) is 28.3 Å². The molecule has 0 radical (unpaired) electrons. The number of hydrogen-bond donors (Lipinski definition) is 2. The normalized spacial score (nSPS) is 15.6. The van der Waals surface area contributed by atoms with Gasteiger partial charge in [-0.05, 0) is 12.1 Å². The van der Waals surface area contributed by atoms with E-state index in [-0.39, 0.29) is 24.9 Å². The molecule has 2 aromatic carbocycles. The zero-order chi connectivity index (χ0) is 19.7. The number of aromatic nitrogens is 1. The van der Waals surface area contributed by atoms with Crippen molar-refractivity contribution in [3.8, 4) is 11.5 Å². The van der Waals surface area contributed by atoms with Crippen LogP contribution in [-0.2, 0) is 11.4 Å². The fraction of sp³-hybridized carbons (Fsp3) is 0.200. The fourth-order valence-corrected chi connectivity index (χ4v) is 4.37. The summed E-state index contributed by atoms with van der Waals surface area (Å²) < 4.78 is 11.7. The second-order valence-corrected chi connectivity index (χ2v) is 7.80. The molecule has 3 N–H and O–H groups in total. The maximum absolute atomic E-state index is 12.2. The van der Waals surface area contributed by atoms with E-state index < -0.39 is 0 Å². The third-order valence-corrected chi connectivity index (χ3v) is 5.94. The summed E-state index contributed by atoms with van der Waals surface area (Å²) in [6, 6.07) is 13.2. The summed E-state index contributed by atoms with van der Waals surface area (Å²) in [5.41, 5.74) is 7.59. The van der Waals surface area contributed by atoms with Crippen LogP contribution in [0.15, 0.2) is 42.5 Å². The number of nitrogen functional groups attached to an aromatic ring is 1. The highest BCUT2D eigenvalue weighted by Crippen LogP contribution is 2.46. The minimum atomic E-state index is -0.213. The van der Waals surface area contributed by atoms with Crippen molar-refractivity contribution in [2.45, 2.75) is 18.9 Å². The van der Waals surface area contributed by atoms with E-state index in [1.165, 1.54) is 11.3 Å². The molecule has 6 nitrogen and oxygen atoms in total. The number of rotatable bonds is 5. The molecule has 0 fully saturated rings. The van der Waals surface area contributed by atoms with E-state index >= 15 is 0 Å². The van der Waals surface area contributed by atoms with Crippen LogP contribution in [0.2, 0.25) is 5.02 Å². The number of nitrogens with two attached hydrogens (primary N) is 1. The number of halogens is 1. The van der Waals surface area contributed by atoms with Gasteiger partial charge in [-0.15, -0.1) is 0 Å². The largest absolute Gasteiger partial charge is 0.493 e. The molecule has 0 unspecified atom stereocenters. The van der Waals surface area contributed by atoms with Gasteiger partial charge in [0.05, 0.1) is 12.0 Å². The first kappa shape index (κ1) is 18.6. The Morgan fingerprint density at radius 1 is 1.29 bits per heavy atom. The summed E-state index contributed by atoms with van der Waals surface area (Å²) in [5.74, 6) is 1.37. The van der Waals surface area contributed by atoms with Crippen molar-refractivity contribution in [1.82, 2.24) is 4.98 Å². The van der Waals surface area contributed by atoms with Crippen molar-refractivity contribution in [3.63, 3.8) is 0 Å². The molecule has 28 heavy (non-hydrogen) atoms. The zero-order valence-corrected chi connectivity index (χ0v) is 16.6. The number of fused-ring (bicyclic) bond motifs is 1. The Morgan fingerprint density at radius 3 is 2.89 bits per heavy atom. The first-order valence-electron chi connectivity index (χ1n) is 8.66. The van der Waals surface area contributed by atoms with Crippen LogP contribution in [0.5, 0.6) is 11.5 Å². The van der Waals surface area contributed by atoms with E-state index in [9.17, 15) is 4.79 Å². The highest BCUT2D eigenvalue weighted by Gasteiger charge is 2.32. The van der Waals surface area contributed by atoms with Crippen molar-refractivity contribution < 1.29 is 14.3 Å². The summed E-state index contributed by atoms with van der Waals surface area (Å²) in [6.07, 6.45) is 0.282. The van der Waals surface area contributed by atoms with Crippen LogP contribution in [0.4, 0.5) is 10.9 Å². The summed E-state index contributed by atoms with van der Waals surface area (Å²) >= 11 is 7.63. The fourth-order valence-electron chi connectivity index (χ4n) is 3.27. The SMILES string of the molecule is COc1cccc([C@@H]2CC(=O)Nc3nc(N)sc32)c1OCc1ccccc1Cl. The average Bonchev–Trinajstić information content (AvgIpc) is 3.06. The third-order valence-electron chi connectivity index (χ3n) is 4.57. The van der Waals surface area contributed by atoms with Crippen LogP contribution in [-0.4, -0.2) is 18.0 Å². The molecule has 1 aromatic heterocycles. The van der Waals surface area contributed by atoms with E-state index in [2.05, 4.69) is 10.3 Å². The Morgan fingerprint density at radius 2 is 2.11 bits per heavy atom. The predicted octanol–water partition coefficient (Wildman–Crippen LogP) is 4.44. The molecule has 0 saturated heterocycles. The van der Waals surface area contributed by atoms with Crippen molar-refractivity contribution in [2.24, 2.45) is 0 Å². The van der Waals surface area contributed by atoms with Gasteiger partial charge in [0.15, 0.2) is 16.6 Å². The number of benzene rings is 2. The Balaban J connectivity index is 1.74. The van der Waals surface area contributed by atoms with Crippen LogP contribution >= 0.6 is 22.9 Å². The highest BCUT2D eigenvalue weighted by atomic mass is 35.5. The van der Waals surface area contributed by atoms with Crippen molar-refractivity contribution in [1.29, 1.82) is 0 Å². The van der Waals surface area contributed by atoms with E-state index in [4.69, 9.17) is 26.8 Å². The zero-order valence-electron chi connectivity index (χ0n) is 15.1. The number of carbonyl (C=O) groups excluding carboxylic acids is 1. The predicted molar refractivity (Wildman–Crippen MR) is 110 cm³/mol. The first-order valence-corrected chi connectivity index (χ1v) is 9.85. The van der Waals surface area contributed by atoms with Crippen LogP contribution < -0.4 is 20.5 Å². The van der Waals surface area contributed by atoms with Gasteiger partial charge >= 0.3 is 0 Å². The van der Waals surface area contributed by atoms with E-state index in [0.717, 1.165) is 16.0 Å². The van der Waals surface area contributed by atoms with Gasteiger partial charge in [-0.2, -0.15) is 0 Å². The first-order chi connectivity index (χ1) is 13.6. The smallest absolute Gasteiger partial charge is 0.226 e. The maximum atomic E-state index is 12.2. The van der Waals surface area contributed by atoms with Crippen LogP contribution in [0.25, 0.3) is 0 Å². The Labute approximate surface area is 171 Å². The van der Waals surface area contributed by atoms with Gasteiger partial charge in [-0.25, -0.2) is 4.98 Å². The number of methoxy groups -OCH3 is 1. The summed E-state index contributed by atoms with van der Waals surface area (Å²) in [7, 11) is 1.59. The van der Waals surface area contributed by atoms with E-state index in [0.29, 0.717) is 27.5 Å². The molecule has 1 aliphatic rings. The van der Waals surface area contributed by atoms with Gasteiger partial charge in [0.2, 0.25) is 5.91 Å². The number of anilines is 2.